The molecule has 0 spiro atoms. The third kappa shape index (κ3) is 3.41. The molecular weight excluding hydrogens is 424 g/mol. The zero-order valence-corrected chi connectivity index (χ0v) is 16.9. The number of nitrogens with zero attached hydrogens (tertiary/aromatic N) is 9. The Bertz CT molecular complexity index is 951. The first-order chi connectivity index (χ1) is 13.8. The van der Waals surface area contributed by atoms with Crippen LogP contribution in [0.3, 0.4) is 0 Å². The molecule has 4 heterocycles. The van der Waals surface area contributed by atoms with Crippen molar-refractivity contribution in [1.29, 1.82) is 0 Å². The van der Waals surface area contributed by atoms with Crippen LogP contribution in [0.25, 0.3) is 0 Å². The quantitative estimate of drug-likeness (QED) is 0.345. The van der Waals surface area contributed by atoms with Crippen molar-refractivity contribution in [3.05, 3.63) is 6.33 Å². The molecule has 4 rings (SSSR count). The zero-order valence-electron chi connectivity index (χ0n) is 15.2. The van der Waals surface area contributed by atoms with Crippen molar-refractivity contribution in [2.75, 3.05) is 5.75 Å². The zero-order chi connectivity index (χ0) is 20.8. The van der Waals surface area contributed by atoms with E-state index < -0.39 is 40.0 Å². The minimum atomic E-state index is -1.09. The standard InChI is InChI=1S/C13H16N10O4S2/c1-13(4-28-12-16-18-19-21(12)2)8(11(26)27)23-9(25)7(10(23)29-13)15-6(24)3-22-5-14-17-20-22/h5,7-8,10H,3-4H2,1-2H3,(H,15,24)(H,26,27)/t7?,8?,10-,13?/m1/s1. The van der Waals surface area contributed by atoms with Gasteiger partial charge < -0.3 is 15.3 Å². The van der Waals surface area contributed by atoms with E-state index in [0.29, 0.717) is 10.9 Å². The van der Waals surface area contributed by atoms with Gasteiger partial charge in [0, 0.05) is 12.8 Å². The number of carbonyl (C=O) groups is 3. The van der Waals surface area contributed by atoms with E-state index in [2.05, 4.69) is 36.4 Å². The van der Waals surface area contributed by atoms with Crippen LogP contribution >= 0.6 is 23.5 Å². The van der Waals surface area contributed by atoms with Gasteiger partial charge in [-0.3, -0.25) is 9.59 Å². The molecule has 0 aliphatic carbocycles. The van der Waals surface area contributed by atoms with E-state index in [9.17, 15) is 19.5 Å². The van der Waals surface area contributed by atoms with Gasteiger partial charge in [-0.1, -0.05) is 11.8 Å². The fraction of sp³-hybridized carbons (Fsp3) is 0.615. The molecule has 29 heavy (non-hydrogen) atoms. The lowest BCUT2D eigenvalue weighted by molar-refractivity contribution is -0.161. The number of β-lactam (4-membered cyclic amide) rings is 1. The van der Waals surface area contributed by atoms with Crippen molar-refractivity contribution in [1.82, 2.24) is 50.6 Å². The van der Waals surface area contributed by atoms with Crippen molar-refractivity contribution in [2.24, 2.45) is 7.05 Å². The average Bonchev–Trinajstić information content (AvgIpc) is 3.37. The molecule has 2 aliphatic heterocycles. The molecule has 2 aromatic heterocycles. The van der Waals surface area contributed by atoms with Crippen LogP contribution in [-0.4, -0.2) is 96.2 Å². The molecule has 0 aromatic carbocycles. The molecule has 16 heteroatoms. The molecule has 2 aliphatic rings. The first-order valence-electron chi connectivity index (χ1n) is 8.38. The van der Waals surface area contributed by atoms with Crippen LogP contribution in [-0.2, 0) is 28.0 Å². The summed E-state index contributed by atoms with van der Waals surface area (Å²) in [5.74, 6) is -1.58. The van der Waals surface area contributed by atoms with Crippen LogP contribution in [0.4, 0.5) is 0 Å². The number of hydrogen-bond donors (Lipinski definition) is 2. The van der Waals surface area contributed by atoms with Gasteiger partial charge >= 0.3 is 5.97 Å². The highest BCUT2D eigenvalue weighted by atomic mass is 32.2. The van der Waals surface area contributed by atoms with Crippen LogP contribution in [0.15, 0.2) is 11.5 Å². The molecule has 2 saturated heterocycles. The van der Waals surface area contributed by atoms with E-state index in [1.165, 1.54) is 44.1 Å². The summed E-state index contributed by atoms with van der Waals surface area (Å²) in [6.45, 7) is 1.65. The second-order valence-electron chi connectivity index (χ2n) is 6.73. The van der Waals surface area contributed by atoms with Crippen LogP contribution < -0.4 is 5.32 Å². The van der Waals surface area contributed by atoms with Crippen LogP contribution in [0.2, 0.25) is 0 Å². The normalized spacial score (nSPS) is 28.1. The molecule has 154 valence electrons. The number of thioether (sulfide) groups is 2. The molecule has 3 unspecified atom stereocenters. The fourth-order valence-corrected chi connectivity index (χ4v) is 6.21. The van der Waals surface area contributed by atoms with E-state index in [1.54, 1.807) is 14.0 Å². The lowest BCUT2D eigenvalue weighted by Crippen LogP contribution is -2.71. The van der Waals surface area contributed by atoms with Crippen LogP contribution in [0, 0.1) is 0 Å². The first-order valence-corrected chi connectivity index (χ1v) is 10.2. The monoisotopic (exact) mass is 440 g/mol. The molecule has 2 N–H and O–H groups in total. The maximum absolute atomic E-state index is 12.6. The lowest BCUT2D eigenvalue weighted by Gasteiger charge is -2.43. The summed E-state index contributed by atoms with van der Waals surface area (Å²) in [4.78, 5) is 38.1. The Morgan fingerprint density at radius 1 is 1.38 bits per heavy atom. The molecule has 2 amide bonds. The van der Waals surface area contributed by atoms with E-state index in [1.807, 2.05) is 0 Å². The number of carbonyl (C=O) groups excluding carboxylic acids is 2. The van der Waals surface area contributed by atoms with Crippen molar-refractivity contribution >= 4 is 41.3 Å². The maximum Gasteiger partial charge on any atom is 0.327 e. The number of nitrogens with one attached hydrogen (secondary N) is 1. The van der Waals surface area contributed by atoms with Gasteiger partial charge in [0.2, 0.25) is 17.0 Å². The summed E-state index contributed by atoms with van der Waals surface area (Å²) < 4.78 is 1.93. The van der Waals surface area contributed by atoms with Gasteiger partial charge in [-0.25, -0.2) is 14.2 Å². The molecule has 0 bridgehead atoms. The molecule has 0 saturated carbocycles. The Morgan fingerprint density at radius 3 is 2.79 bits per heavy atom. The highest BCUT2D eigenvalue weighted by molar-refractivity contribution is 8.04. The summed E-state index contributed by atoms with van der Waals surface area (Å²) in [5, 5.41) is 34.2. The van der Waals surface area contributed by atoms with Crippen molar-refractivity contribution in [2.45, 2.75) is 40.8 Å². The lowest BCUT2D eigenvalue weighted by atomic mass is 9.96. The van der Waals surface area contributed by atoms with Crippen molar-refractivity contribution in [3.63, 3.8) is 0 Å². The predicted octanol–water partition coefficient (Wildman–Crippen LogP) is -2.40. The number of aromatic nitrogens is 8. The number of aliphatic carboxylic acids is 1. The predicted molar refractivity (Wildman–Crippen MR) is 97.3 cm³/mol. The number of carboxylic acid groups (broad SMARTS) is 1. The Morgan fingerprint density at radius 2 is 2.17 bits per heavy atom. The second kappa shape index (κ2) is 7.25. The third-order valence-electron chi connectivity index (χ3n) is 4.64. The summed E-state index contributed by atoms with van der Waals surface area (Å²) >= 11 is 2.67. The minimum absolute atomic E-state index is 0.136. The van der Waals surface area contributed by atoms with Gasteiger partial charge in [0.25, 0.3) is 0 Å². The van der Waals surface area contributed by atoms with E-state index in [0.717, 1.165) is 0 Å². The van der Waals surface area contributed by atoms with Crippen molar-refractivity contribution < 1.29 is 19.5 Å². The van der Waals surface area contributed by atoms with Gasteiger partial charge in [-0.2, -0.15) is 0 Å². The molecule has 0 radical (unpaired) electrons. The number of hydrogen-bond acceptors (Lipinski definition) is 11. The number of aryl methyl sites for hydroxylation is 1. The number of fused-ring (bicyclic) bond motifs is 1. The Kier molecular flexibility index (Phi) is 4.89. The summed E-state index contributed by atoms with van der Waals surface area (Å²) in [5.41, 5.74) is 0. The maximum atomic E-state index is 12.6. The van der Waals surface area contributed by atoms with Gasteiger partial charge in [0.1, 0.15) is 30.3 Å². The largest absolute Gasteiger partial charge is 0.480 e. The summed E-state index contributed by atoms with van der Waals surface area (Å²) in [6.07, 6.45) is 1.29. The van der Waals surface area contributed by atoms with Gasteiger partial charge in [-0.05, 0) is 27.8 Å². The van der Waals surface area contributed by atoms with E-state index in [-0.39, 0.29) is 6.54 Å². The molecule has 2 aromatic rings. The van der Waals surface area contributed by atoms with Crippen LogP contribution in [0.1, 0.15) is 6.92 Å². The minimum Gasteiger partial charge on any atom is -0.480 e. The fourth-order valence-electron chi connectivity index (χ4n) is 3.32. The molecule has 14 nitrogen and oxygen atoms in total. The summed E-state index contributed by atoms with van der Waals surface area (Å²) in [7, 11) is 1.69. The Balaban J connectivity index is 1.46. The third-order valence-corrected chi connectivity index (χ3v) is 7.82. The second-order valence-corrected chi connectivity index (χ2v) is 9.33. The molecule has 4 atom stereocenters. The number of amides is 2. The van der Waals surface area contributed by atoms with E-state index in [4.69, 9.17) is 0 Å². The Hall–Kier alpha value is -2.75. The van der Waals surface area contributed by atoms with E-state index >= 15 is 0 Å². The van der Waals surface area contributed by atoms with Gasteiger partial charge in [0.15, 0.2) is 0 Å². The number of carboxylic acids is 1. The van der Waals surface area contributed by atoms with Gasteiger partial charge in [0.05, 0.1) is 4.75 Å². The SMILES string of the molecule is Cn1nnnc1SCC1(C)S[C@@H]2C(NC(=O)Cn3cnnn3)C(=O)N2C1C(=O)O. The Labute approximate surface area is 171 Å². The average molecular weight is 440 g/mol. The van der Waals surface area contributed by atoms with Crippen molar-refractivity contribution in [3.8, 4) is 0 Å². The topological polar surface area (TPSA) is 174 Å². The first kappa shape index (κ1) is 19.6. The number of tetrazole rings is 2. The highest BCUT2D eigenvalue weighted by Gasteiger charge is 2.65. The molecular formula is C13H16N10O4S2. The number of rotatable bonds is 7. The molecule has 2 fully saturated rings. The van der Waals surface area contributed by atoms with Crippen LogP contribution in [0.5, 0.6) is 0 Å². The smallest absolute Gasteiger partial charge is 0.327 e. The highest BCUT2D eigenvalue weighted by Crippen LogP contribution is 2.52. The summed E-state index contributed by atoms with van der Waals surface area (Å²) in [6, 6.07) is -1.82. The van der Waals surface area contributed by atoms with Gasteiger partial charge in [-0.15, -0.1) is 22.0 Å².